The van der Waals surface area contributed by atoms with Crippen LogP contribution in [-0.2, 0) is 24.3 Å². The van der Waals surface area contributed by atoms with Crippen molar-refractivity contribution in [1.29, 1.82) is 0 Å². The number of fused-ring (bicyclic) bond motifs is 1. The highest BCUT2D eigenvalue weighted by Gasteiger charge is 2.46. The van der Waals surface area contributed by atoms with Crippen LogP contribution in [0.5, 0.6) is 0 Å². The maximum absolute atomic E-state index is 13.8. The number of nitrogens with zero attached hydrogens (tertiary/aromatic N) is 1. The summed E-state index contributed by atoms with van der Waals surface area (Å²) < 4.78 is 27.6. The lowest BCUT2D eigenvalue weighted by atomic mass is 9.82. The van der Waals surface area contributed by atoms with Crippen molar-refractivity contribution in [3.05, 3.63) is 106 Å². The van der Waals surface area contributed by atoms with Gasteiger partial charge in [-0.15, -0.1) is 0 Å². The molecular weight excluding hydrogens is 410 g/mol. The van der Waals surface area contributed by atoms with Gasteiger partial charge in [-0.25, -0.2) is 8.78 Å². The summed E-state index contributed by atoms with van der Waals surface area (Å²) in [5, 5.41) is 2.96. The zero-order valence-electron chi connectivity index (χ0n) is 18.0. The molecule has 4 nitrogen and oxygen atoms in total. The second-order valence-electron chi connectivity index (χ2n) is 8.39. The Morgan fingerprint density at radius 1 is 1.03 bits per heavy atom. The highest BCUT2D eigenvalue weighted by molar-refractivity contribution is 6.02. The lowest BCUT2D eigenvalue weighted by Gasteiger charge is -2.44. The zero-order chi connectivity index (χ0) is 22.9. The summed E-state index contributed by atoms with van der Waals surface area (Å²) in [5.74, 6) is -2.11. The molecule has 0 bridgehead atoms. The molecule has 0 aromatic heterocycles. The SMILES string of the molecule is Cc1ccccc1CNC(=O)[C@@]1(C)Cc2ccccc2C(=O)N1Cc1cc(F)cc(F)c1. The Hall–Kier alpha value is -3.54. The Kier molecular flexibility index (Phi) is 5.78. The van der Waals surface area contributed by atoms with E-state index in [1.165, 1.54) is 17.0 Å². The summed E-state index contributed by atoms with van der Waals surface area (Å²) >= 11 is 0. The second-order valence-corrected chi connectivity index (χ2v) is 8.39. The summed E-state index contributed by atoms with van der Waals surface area (Å²) in [6, 6.07) is 18.0. The number of amides is 2. The first kappa shape index (κ1) is 21.7. The summed E-state index contributed by atoms with van der Waals surface area (Å²) in [7, 11) is 0. The molecule has 0 saturated heterocycles. The lowest BCUT2D eigenvalue weighted by Crippen LogP contribution is -2.62. The average molecular weight is 434 g/mol. The summed E-state index contributed by atoms with van der Waals surface area (Å²) in [4.78, 5) is 28.3. The van der Waals surface area contributed by atoms with Crippen LogP contribution in [0.15, 0.2) is 66.7 Å². The van der Waals surface area contributed by atoms with E-state index >= 15 is 0 Å². The first-order valence-electron chi connectivity index (χ1n) is 10.5. The van der Waals surface area contributed by atoms with Crippen LogP contribution in [0.2, 0.25) is 0 Å². The number of carbonyl (C=O) groups excluding carboxylic acids is 2. The van der Waals surface area contributed by atoms with Crippen LogP contribution in [0.4, 0.5) is 8.78 Å². The molecule has 6 heteroatoms. The molecule has 0 fully saturated rings. The minimum atomic E-state index is -1.23. The number of hydrogen-bond donors (Lipinski definition) is 1. The molecule has 0 saturated carbocycles. The predicted octanol–water partition coefficient (Wildman–Crippen LogP) is 4.55. The number of benzene rings is 3. The molecule has 0 spiro atoms. The van der Waals surface area contributed by atoms with E-state index in [0.717, 1.165) is 22.8 Å². The molecule has 1 aliphatic rings. The number of nitrogens with one attached hydrogen (secondary N) is 1. The van der Waals surface area contributed by atoms with Crippen molar-refractivity contribution in [2.45, 2.75) is 38.9 Å². The first-order valence-corrected chi connectivity index (χ1v) is 10.5. The van der Waals surface area contributed by atoms with Crippen molar-refractivity contribution in [2.75, 3.05) is 0 Å². The molecule has 1 heterocycles. The summed E-state index contributed by atoms with van der Waals surface area (Å²) in [6.07, 6.45) is 0.298. The molecule has 32 heavy (non-hydrogen) atoms. The number of hydrogen-bond acceptors (Lipinski definition) is 2. The van der Waals surface area contributed by atoms with Crippen molar-refractivity contribution >= 4 is 11.8 Å². The van der Waals surface area contributed by atoms with Gasteiger partial charge in [0.15, 0.2) is 0 Å². The molecule has 0 unspecified atom stereocenters. The van der Waals surface area contributed by atoms with Crippen LogP contribution < -0.4 is 5.32 Å². The highest BCUT2D eigenvalue weighted by atomic mass is 19.1. The molecule has 164 valence electrons. The summed E-state index contributed by atoms with van der Waals surface area (Å²) in [5.41, 5.74) is 2.35. The molecule has 1 N–H and O–H groups in total. The fourth-order valence-corrected chi connectivity index (χ4v) is 4.23. The van der Waals surface area contributed by atoms with E-state index in [1.807, 2.05) is 43.3 Å². The number of carbonyl (C=O) groups is 2. The molecular formula is C26H24F2N2O2. The van der Waals surface area contributed by atoms with Gasteiger partial charge in [0, 0.05) is 31.1 Å². The predicted molar refractivity (Wildman–Crippen MR) is 118 cm³/mol. The summed E-state index contributed by atoms with van der Waals surface area (Å²) in [6.45, 7) is 3.90. The van der Waals surface area contributed by atoms with Crippen molar-refractivity contribution in [3.8, 4) is 0 Å². The van der Waals surface area contributed by atoms with Crippen molar-refractivity contribution in [3.63, 3.8) is 0 Å². The normalized spacial score (nSPS) is 17.8. The van der Waals surface area contributed by atoms with E-state index in [4.69, 9.17) is 0 Å². The lowest BCUT2D eigenvalue weighted by molar-refractivity contribution is -0.132. The third kappa shape index (κ3) is 4.13. The minimum Gasteiger partial charge on any atom is -0.350 e. The van der Waals surface area contributed by atoms with Gasteiger partial charge in [-0.2, -0.15) is 0 Å². The van der Waals surface area contributed by atoms with Crippen molar-refractivity contribution in [1.82, 2.24) is 10.2 Å². The molecule has 0 aliphatic carbocycles. The van der Waals surface area contributed by atoms with Crippen LogP contribution in [0, 0.1) is 18.6 Å². The fraction of sp³-hybridized carbons (Fsp3) is 0.231. The van der Waals surface area contributed by atoms with E-state index in [-0.39, 0.29) is 23.9 Å². The minimum absolute atomic E-state index is 0.0872. The topological polar surface area (TPSA) is 49.4 Å². The van der Waals surface area contributed by atoms with E-state index in [9.17, 15) is 18.4 Å². The Labute approximate surface area is 185 Å². The smallest absolute Gasteiger partial charge is 0.255 e. The van der Waals surface area contributed by atoms with Crippen LogP contribution in [0.25, 0.3) is 0 Å². The zero-order valence-corrected chi connectivity index (χ0v) is 18.0. The van der Waals surface area contributed by atoms with Gasteiger partial charge < -0.3 is 10.2 Å². The van der Waals surface area contributed by atoms with Gasteiger partial charge in [0.1, 0.15) is 17.2 Å². The maximum Gasteiger partial charge on any atom is 0.255 e. The Balaban J connectivity index is 1.68. The highest BCUT2D eigenvalue weighted by Crippen LogP contribution is 2.33. The molecule has 3 aromatic carbocycles. The van der Waals surface area contributed by atoms with Crippen molar-refractivity contribution in [2.24, 2.45) is 0 Å². The van der Waals surface area contributed by atoms with Crippen molar-refractivity contribution < 1.29 is 18.4 Å². The van der Waals surface area contributed by atoms with Gasteiger partial charge in [-0.05, 0) is 54.3 Å². The van der Waals surface area contributed by atoms with Crippen LogP contribution in [-0.4, -0.2) is 22.3 Å². The molecule has 3 aromatic rings. The quantitative estimate of drug-likeness (QED) is 0.641. The van der Waals surface area contributed by atoms with Gasteiger partial charge in [-0.1, -0.05) is 42.5 Å². The number of rotatable bonds is 5. The maximum atomic E-state index is 13.8. The molecule has 0 radical (unpaired) electrons. The second kappa shape index (κ2) is 8.54. The van der Waals surface area contributed by atoms with Crippen LogP contribution >= 0.6 is 0 Å². The molecule has 2 amide bonds. The fourth-order valence-electron chi connectivity index (χ4n) is 4.23. The van der Waals surface area contributed by atoms with Crippen LogP contribution in [0.3, 0.4) is 0 Å². The molecule has 1 atom stereocenters. The van der Waals surface area contributed by atoms with E-state index in [2.05, 4.69) is 5.32 Å². The van der Waals surface area contributed by atoms with E-state index in [1.54, 1.807) is 19.1 Å². The standard InChI is InChI=1S/C26H24F2N2O2/c1-17-7-3-4-9-20(17)15-29-25(32)26(2)14-19-8-5-6-10-23(19)24(31)30(26)16-18-11-21(27)13-22(28)12-18/h3-13H,14-16H2,1-2H3,(H,29,32)/t26-/m1/s1. The van der Waals surface area contributed by atoms with Gasteiger partial charge in [0.05, 0.1) is 0 Å². The number of aryl methyl sites for hydroxylation is 1. The van der Waals surface area contributed by atoms with Gasteiger partial charge in [0.25, 0.3) is 5.91 Å². The van der Waals surface area contributed by atoms with Crippen LogP contribution in [0.1, 0.15) is 39.5 Å². The van der Waals surface area contributed by atoms with Gasteiger partial charge in [0.2, 0.25) is 5.91 Å². The van der Waals surface area contributed by atoms with E-state index in [0.29, 0.717) is 18.5 Å². The third-order valence-electron chi connectivity index (χ3n) is 6.08. The Morgan fingerprint density at radius 2 is 1.69 bits per heavy atom. The first-order chi connectivity index (χ1) is 15.3. The van der Waals surface area contributed by atoms with Gasteiger partial charge in [-0.3, -0.25) is 9.59 Å². The monoisotopic (exact) mass is 434 g/mol. The molecule has 4 rings (SSSR count). The Bertz CT molecular complexity index is 1170. The van der Waals surface area contributed by atoms with E-state index < -0.39 is 17.2 Å². The molecule has 1 aliphatic heterocycles. The van der Waals surface area contributed by atoms with Gasteiger partial charge >= 0.3 is 0 Å². The average Bonchev–Trinajstić information content (AvgIpc) is 2.75. The largest absolute Gasteiger partial charge is 0.350 e. The number of halogens is 2. The Morgan fingerprint density at radius 3 is 2.41 bits per heavy atom. The third-order valence-corrected chi connectivity index (χ3v) is 6.08.